The Bertz CT molecular complexity index is 192. The molecule has 0 aromatic carbocycles. The van der Waals surface area contributed by atoms with Crippen LogP contribution in [-0.4, -0.2) is 61.5 Å². The quantitative estimate of drug-likeness (QED) is 0.607. The molecule has 0 spiro atoms. The predicted molar refractivity (Wildman–Crippen MR) is 55.1 cm³/mol. The van der Waals surface area contributed by atoms with E-state index in [0.717, 1.165) is 52.1 Å². The number of hydrogen-bond acceptors (Lipinski definition) is 3. The van der Waals surface area contributed by atoms with Gasteiger partial charge in [0, 0.05) is 38.8 Å². The van der Waals surface area contributed by atoms with E-state index in [2.05, 4.69) is 10.2 Å². The summed E-state index contributed by atoms with van der Waals surface area (Å²) in [5.74, 6) is 0. The molecule has 2 aliphatic rings. The Hall–Kier alpha value is -0.610. The van der Waals surface area contributed by atoms with Crippen LogP contribution in [0.25, 0.3) is 0 Å². The Kier molecular flexibility index (Phi) is 3.37. The van der Waals surface area contributed by atoms with Crippen molar-refractivity contribution in [3.8, 4) is 0 Å². The van der Waals surface area contributed by atoms with Gasteiger partial charge in [-0.15, -0.1) is 0 Å². The van der Waals surface area contributed by atoms with Crippen LogP contribution >= 0.6 is 0 Å². The van der Waals surface area contributed by atoms with Gasteiger partial charge in [-0.1, -0.05) is 0 Å². The van der Waals surface area contributed by atoms with Crippen molar-refractivity contribution in [3.05, 3.63) is 0 Å². The Morgan fingerprint density at radius 2 is 2.14 bits per heavy atom. The molecular weight excluding hydrogens is 178 g/mol. The third kappa shape index (κ3) is 2.25. The summed E-state index contributed by atoms with van der Waals surface area (Å²) in [6.07, 6.45) is 3.37. The average molecular weight is 197 g/mol. The first kappa shape index (κ1) is 9.93. The van der Waals surface area contributed by atoms with Crippen LogP contribution in [0, 0.1) is 0 Å². The molecule has 4 heteroatoms. The lowest BCUT2D eigenvalue weighted by Gasteiger charge is -2.26. The minimum atomic E-state index is 0.710. The van der Waals surface area contributed by atoms with Gasteiger partial charge in [-0.25, -0.2) is 0 Å². The topological polar surface area (TPSA) is 35.6 Å². The molecule has 14 heavy (non-hydrogen) atoms. The maximum absolute atomic E-state index is 10.6. The standard InChI is InChI=1S/C10H19N3O/c14-9-12-4-1-5-13(7-6-12)10-2-3-11-8-10/h9-11H,1-8H2. The van der Waals surface area contributed by atoms with Gasteiger partial charge < -0.3 is 10.2 Å². The molecule has 2 heterocycles. The summed E-state index contributed by atoms with van der Waals surface area (Å²) in [5, 5.41) is 3.39. The molecule has 80 valence electrons. The van der Waals surface area contributed by atoms with E-state index in [9.17, 15) is 4.79 Å². The molecule has 1 unspecified atom stereocenters. The monoisotopic (exact) mass is 197 g/mol. The largest absolute Gasteiger partial charge is 0.344 e. The van der Waals surface area contributed by atoms with E-state index in [4.69, 9.17) is 0 Å². The molecule has 1 amide bonds. The van der Waals surface area contributed by atoms with E-state index in [0.29, 0.717) is 6.04 Å². The maximum atomic E-state index is 10.6. The Morgan fingerprint density at radius 1 is 1.21 bits per heavy atom. The van der Waals surface area contributed by atoms with Crippen molar-refractivity contribution >= 4 is 6.41 Å². The maximum Gasteiger partial charge on any atom is 0.209 e. The van der Waals surface area contributed by atoms with Crippen molar-refractivity contribution < 1.29 is 4.79 Å². The molecule has 0 aromatic heterocycles. The first-order valence-corrected chi connectivity index (χ1v) is 5.54. The van der Waals surface area contributed by atoms with Crippen LogP contribution < -0.4 is 5.32 Å². The first-order chi connectivity index (χ1) is 6.90. The van der Waals surface area contributed by atoms with Gasteiger partial charge in [0.05, 0.1) is 0 Å². The second-order valence-corrected chi connectivity index (χ2v) is 4.18. The van der Waals surface area contributed by atoms with E-state index in [1.165, 1.54) is 6.42 Å². The third-order valence-corrected chi connectivity index (χ3v) is 3.26. The van der Waals surface area contributed by atoms with Crippen molar-refractivity contribution in [1.82, 2.24) is 15.1 Å². The van der Waals surface area contributed by atoms with Crippen LogP contribution in [0.1, 0.15) is 12.8 Å². The summed E-state index contributed by atoms with van der Waals surface area (Å²) in [4.78, 5) is 15.1. The summed E-state index contributed by atoms with van der Waals surface area (Å²) in [7, 11) is 0. The molecule has 0 radical (unpaired) electrons. The van der Waals surface area contributed by atoms with Crippen molar-refractivity contribution in [2.75, 3.05) is 39.3 Å². The normalized spacial score (nSPS) is 30.3. The minimum absolute atomic E-state index is 0.710. The van der Waals surface area contributed by atoms with E-state index in [-0.39, 0.29) is 0 Å². The van der Waals surface area contributed by atoms with Gasteiger partial charge in [0.25, 0.3) is 0 Å². The lowest BCUT2D eigenvalue weighted by Crippen LogP contribution is -2.39. The summed E-state index contributed by atoms with van der Waals surface area (Å²) >= 11 is 0. The molecule has 4 nitrogen and oxygen atoms in total. The highest BCUT2D eigenvalue weighted by atomic mass is 16.1. The lowest BCUT2D eigenvalue weighted by atomic mass is 10.2. The fourth-order valence-electron chi connectivity index (χ4n) is 2.38. The molecule has 2 fully saturated rings. The van der Waals surface area contributed by atoms with Crippen LogP contribution in [0.3, 0.4) is 0 Å². The number of carbonyl (C=O) groups is 1. The van der Waals surface area contributed by atoms with Crippen LogP contribution in [0.2, 0.25) is 0 Å². The number of nitrogens with zero attached hydrogens (tertiary/aromatic N) is 2. The third-order valence-electron chi connectivity index (χ3n) is 3.26. The molecular formula is C10H19N3O. The van der Waals surface area contributed by atoms with Gasteiger partial charge in [-0.3, -0.25) is 9.69 Å². The van der Waals surface area contributed by atoms with Gasteiger partial charge in [-0.05, 0) is 19.4 Å². The highest BCUT2D eigenvalue weighted by Gasteiger charge is 2.23. The summed E-state index contributed by atoms with van der Waals surface area (Å²) in [5.41, 5.74) is 0. The van der Waals surface area contributed by atoms with E-state index < -0.39 is 0 Å². The molecule has 1 N–H and O–H groups in total. The van der Waals surface area contributed by atoms with E-state index in [1.807, 2.05) is 4.90 Å². The number of hydrogen-bond donors (Lipinski definition) is 1. The summed E-state index contributed by atoms with van der Waals surface area (Å²) < 4.78 is 0. The van der Waals surface area contributed by atoms with Gasteiger partial charge in [-0.2, -0.15) is 0 Å². The molecule has 2 saturated heterocycles. The zero-order valence-electron chi connectivity index (χ0n) is 8.61. The van der Waals surface area contributed by atoms with Gasteiger partial charge in [0.1, 0.15) is 0 Å². The molecule has 0 aromatic rings. The number of nitrogens with one attached hydrogen (secondary N) is 1. The first-order valence-electron chi connectivity index (χ1n) is 5.54. The average Bonchev–Trinajstić information content (AvgIpc) is 2.63. The molecule has 0 saturated carbocycles. The van der Waals surface area contributed by atoms with Crippen molar-refractivity contribution in [1.29, 1.82) is 0 Å². The van der Waals surface area contributed by atoms with Crippen molar-refractivity contribution in [2.45, 2.75) is 18.9 Å². The highest BCUT2D eigenvalue weighted by Crippen LogP contribution is 2.11. The second kappa shape index (κ2) is 4.75. The number of carbonyl (C=O) groups excluding carboxylic acids is 1. The number of amides is 1. The Balaban J connectivity index is 1.84. The molecule has 0 aliphatic carbocycles. The SMILES string of the molecule is O=CN1CCCN(C2CCNC2)CC1. The lowest BCUT2D eigenvalue weighted by molar-refractivity contribution is -0.118. The predicted octanol–water partition coefficient (Wildman–Crippen LogP) is -0.488. The second-order valence-electron chi connectivity index (χ2n) is 4.18. The molecule has 2 rings (SSSR count). The fraction of sp³-hybridized carbons (Fsp3) is 0.900. The number of rotatable bonds is 2. The van der Waals surface area contributed by atoms with Gasteiger partial charge in [0.15, 0.2) is 0 Å². The minimum Gasteiger partial charge on any atom is -0.344 e. The van der Waals surface area contributed by atoms with Gasteiger partial charge in [0.2, 0.25) is 6.41 Å². The Morgan fingerprint density at radius 3 is 2.86 bits per heavy atom. The van der Waals surface area contributed by atoms with Crippen LogP contribution in [0.5, 0.6) is 0 Å². The van der Waals surface area contributed by atoms with Gasteiger partial charge >= 0.3 is 0 Å². The zero-order chi connectivity index (χ0) is 9.80. The molecule has 2 aliphatic heterocycles. The van der Waals surface area contributed by atoms with Crippen molar-refractivity contribution in [3.63, 3.8) is 0 Å². The zero-order valence-corrected chi connectivity index (χ0v) is 8.61. The fourth-order valence-corrected chi connectivity index (χ4v) is 2.38. The van der Waals surface area contributed by atoms with E-state index >= 15 is 0 Å². The highest BCUT2D eigenvalue weighted by molar-refractivity contribution is 5.46. The Labute approximate surface area is 85.2 Å². The van der Waals surface area contributed by atoms with Crippen LogP contribution in [0.15, 0.2) is 0 Å². The molecule has 0 bridgehead atoms. The van der Waals surface area contributed by atoms with E-state index in [1.54, 1.807) is 0 Å². The van der Waals surface area contributed by atoms with Crippen LogP contribution in [0.4, 0.5) is 0 Å². The smallest absolute Gasteiger partial charge is 0.209 e. The summed E-state index contributed by atoms with van der Waals surface area (Å²) in [6, 6.07) is 0.710. The van der Waals surface area contributed by atoms with Crippen molar-refractivity contribution in [2.24, 2.45) is 0 Å². The molecule has 1 atom stereocenters. The van der Waals surface area contributed by atoms with Crippen LogP contribution in [-0.2, 0) is 4.79 Å². The summed E-state index contributed by atoms with van der Waals surface area (Å²) in [6.45, 7) is 6.31.